The number of nitrogens with one attached hydrogen (secondary N) is 1. The molecule has 2 aromatic rings. The molecule has 1 aromatic carbocycles. The van der Waals surface area contributed by atoms with Crippen LogP contribution in [0.15, 0.2) is 32.6 Å². The summed E-state index contributed by atoms with van der Waals surface area (Å²) < 4.78 is 2.40. The molecular formula is C16H19BrN4O3S. The van der Waals surface area contributed by atoms with Crippen LogP contribution in [0.5, 0.6) is 0 Å². The Morgan fingerprint density at radius 2 is 2.12 bits per heavy atom. The monoisotopic (exact) mass is 426 g/mol. The Hall–Kier alpha value is -1.87. The second kappa shape index (κ2) is 9.00. The van der Waals surface area contributed by atoms with Gasteiger partial charge in [-0.05, 0) is 24.6 Å². The lowest BCUT2D eigenvalue weighted by atomic mass is 10.2. The number of hydrogen-bond acceptors (Lipinski definition) is 5. The highest BCUT2D eigenvalue weighted by Gasteiger charge is 2.14. The molecule has 0 saturated carbocycles. The maximum atomic E-state index is 12.8. The van der Waals surface area contributed by atoms with Gasteiger partial charge in [0.2, 0.25) is 5.91 Å². The summed E-state index contributed by atoms with van der Waals surface area (Å²) in [6.45, 7) is 2.62. The minimum absolute atomic E-state index is 0.0504. The Bertz CT molecular complexity index is 853. The van der Waals surface area contributed by atoms with Crippen molar-refractivity contribution in [1.82, 2.24) is 14.9 Å². The molecule has 7 nitrogen and oxygen atoms in total. The summed E-state index contributed by atoms with van der Waals surface area (Å²) >= 11 is 4.48. The van der Waals surface area contributed by atoms with Gasteiger partial charge in [0.25, 0.3) is 5.56 Å². The smallest absolute Gasteiger partial charge is 0.318 e. The fourth-order valence-corrected chi connectivity index (χ4v) is 3.49. The molecule has 0 spiro atoms. The molecule has 2 rings (SSSR count). The average molecular weight is 427 g/mol. The lowest BCUT2D eigenvalue weighted by molar-refractivity contribution is -0.117. The van der Waals surface area contributed by atoms with Crippen molar-refractivity contribution in [3.63, 3.8) is 0 Å². The summed E-state index contributed by atoms with van der Waals surface area (Å²) in [7, 11) is 0. The number of amides is 3. The topological polar surface area (TPSA) is 107 Å². The Balaban J connectivity index is 2.36. The van der Waals surface area contributed by atoms with Crippen molar-refractivity contribution in [3.8, 4) is 0 Å². The number of imide groups is 1. The predicted octanol–water partition coefficient (Wildman–Crippen LogP) is 2.64. The Kier molecular flexibility index (Phi) is 7.01. The van der Waals surface area contributed by atoms with Crippen molar-refractivity contribution in [1.29, 1.82) is 0 Å². The molecular weight excluding hydrogens is 408 g/mol. The molecule has 9 heteroatoms. The van der Waals surface area contributed by atoms with E-state index in [0.717, 1.165) is 35.5 Å². The number of thioether (sulfide) groups is 1. The zero-order valence-corrected chi connectivity index (χ0v) is 16.2. The molecule has 0 aliphatic carbocycles. The van der Waals surface area contributed by atoms with E-state index in [2.05, 4.69) is 27.8 Å². The Morgan fingerprint density at radius 1 is 1.36 bits per heavy atom. The highest BCUT2D eigenvalue weighted by Crippen LogP contribution is 2.21. The molecule has 0 saturated heterocycles. The van der Waals surface area contributed by atoms with Crippen LogP contribution in [0.1, 0.15) is 26.2 Å². The molecule has 3 amide bonds. The first-order chi connectivity index (χ1) is 11.9. The fraction of sp³-hybridized carbons (Fsp3) is 0.375. The quantitative estimate of drug-likeness (QED) is 0.401. The number of carbonyl (C=O) groups is 2. The molecule has 0 unspecified atom stereocenters. The van der Waals surface area contributed by atoms with Crippen molar-refractivity contribution in [3.05, 3.63) is 33.0 Å². The first-order valence-electron chi connectivity index (χ1n) is 7.84. The third-order valence-electron chi connectivity index (χ3n) is 3.46. The van der Waals surface area contributed by atoms with Crippen LogP contribution in [0, 0.1) is 0 Å². The van der Waals surface area contributed by atoms with Crippen molar-refractivity contribution in [2.45, 2.75) is 37.9 Å². The highest BCUT2D eigenvalue weighted by molar-refractivity contribution is 9.10. The van der Waals surface area contributed by atoms with Crippen LogP contribution in [-0.4, -0.2) is 27.2 Å². The van der Waals surface area contributed by atoms with Gasteiger partial charge < -0.3 is 5.73 Å². The normalized spacial score (nSPS) is 10.8. The highest BCUT2D eigenvalue weighted by atomic mass is 79.9. The van der Waals surface area contributed by atoms with Crippen LogP contribution in [0.3, 0.4) is 0 Å². The van der Waals surface area contributed by atoms with Gasteiger partial charge in [-0.15, -0.1) is 0 Å². The van der Waals surface area contributed by atoms with Crippen LogP contribution in [0.4, 0.5) is 4.79 Å². The molecule has 0 aliphatic heterocycles. The molecule has 3 N–H and O–H groups in total. The number of nitrogens with zero attached hydrogens (tertiary/aromatic N) is 2. The van der Waals surface area contributed by atoms with Gasteiger partial charge in [0.15, 0.2) is 5.16 Å². The second-order valence-corrected chi connectivity index (χ2v) is 7.28. The summed E-state index contributed by atoms with van der Waals surface area (Å²) in [5.74, 6) is -0.576. The fourth-order valence-electron chi connectivity index (χ4n) is 2.30. The number of nitrogens with two attached hydrogens (primary N) is 1. The van der Waals surface area contributed by atoms with Crippen molar-refractivity contribution in [2.24, 2.45) is 5.73 Å². The molecule has 1 aromatic heterocycles. The molecule has 0 radical (unpaired) electrons. The summed E-state index contributed by atoms with van der Waals surface area (Å²) in [4.78, 5) is 39.7. The van der Waals surface area contributed by atoms with E-state index in [1.807, 2.05) is 11.4 Å². The van der Waals surface area contributed by atoms with Crippen LogP contribution in [0.25, 0.3) is 10.9 Å². The van der Waals surface area contributed by atoms with Crippen LogP contribution >= 0.6 is 27.7 Å². The molecule has 1 heterocycles. The van der Waals surface area contributed by atoms with Crippen molar-refractivity contribution in [2.75, 3.05) is 5.75 Å². The Labute approximate surface area is 157 Å². The molecule has 134 valence electrons. The number of fused-ring (bicyclic) bond motifs is 1. The SMILES string of the molecule is CCCCCn1c(SCC(=O)NC(N)=O)nc2ccc(Br)cc2c1=O. The second-order valence-electron chi connectivity index (χ2n) is 5.42. The number of primary amides is 1. The standard InChI is InChI=1S/C16H19BrN4O3S/c1-2-3-4-7-21-14(23)11-8-10(17)5-6-12(11)19-16(21)25-9-13(22)20-15(18)24/h5-6,8H,2-4,7,9H2,1H3,(H3,18,20,22,24). The first-order valence-corrected chi connectivity index (χ1v) is 9.62. The summed E-state index contributed by atoms with van der Waals surface area (Å²) in [6.07, 6.45) is 2.87. The zero-order valence-electron chi connectivity index (χ0n) is 13.8. The van der Waals surface area contributed by atoms with E-state index in [9.17, 15) is 14.4 Å². The lowest BCUT2D eigenvalue weighted by Gasteiger charge is -2.13. The number of halogens is 1. The Morgan fingerprint density at radius 3 is 2.80 bits per heavy atom. The van der Waals surface area contributed by atoms with Crippen LogP contribution in [-0.2, 0) is 11.3 Å². The van der Waals surface area contributed by atoms with E-state index < -0.39 is 11.9 Å². The molecule has 0 fully saturated rings. The van der Waals surface area contributed by atoms with Gasteiger partial charge in [-0.25, -0.2) is 9.78 Å². The zero-order chi connectivity index (χ0) is 18.4. The van der Waals surface area contributed by atoms with E-state index in [1.165, 1.54) is 0 Å². The number of aromatic nitrogens is 2. The molecule has 0 aliphatic rings. The van der Waals surface area contributed by atoms with Gasteiger partial charge in [-0.3, -0.25) is 19.5 Å². The maximum Gasteiger partial charge on any atom is 0.318 e. The number of carbonyl (C=O) groups excluding carboxylic acids is 2. The van der Waals surface area contributed by atoms with Crippen molar-refractivity contribution >= 4 is 50.5 Å². The largest absolute Gasteiger partial charge is 0.351 e. The van der Waals surface area contributed by atoms with Crippen LogP contribution in [0.2, 0.25) is 0 Å². The molecule has 25 heavy (non-hydrogen) atoms. The van der Waals surface area contributed by atoms with E-state index in [-0.39, 0.29) is 11.3 Å². The number of urea groups is 1. The minimum atomic E-state index is -0.901. The number of unbranched alkanes of at least 4 members (excludes halogenated alkanes) is 2. The summed E-state index contributed by atoms with van der Waals surface area (Å²) in [5.41, 5.74) is 5.36. The first kappa shape index (κ1) is 19.5. The maximum absolute atomic E-state index is 12.8. The van der Waals surface area contributed by atoms with Gasteiger partial charge in [0, 0.05) is 11.0 Å². The van der Waals surface area contributed by atoms with E-state index >= 15 is 0 Å². The third-order valence-corrected chi connectivity index (χ3v) is 4.93. The van der Waals surface area contributed by atoms with E-state index in [1.54, 1.807) is 16.7 Å². The van der Waals surface area contributed by atoms with Gasteiger partial charge in [0.1, 0.15) is 0 Å². The van der Waals surface area contributed by atoms with Gasteiger partial charge >= 0.3 is 6.03 Å². The number of rotatable bonds is 7. The number of hydrogen-bond donors (Lipinski definition) is 2. The third kappa shape index (κ3) is 5.30. The summed E-state index contributed by atoms with van der Waals surface area (Å²) in [6, 6.07) is 4.41. The van der Waals surface area contributed by atoms with Gasteiger partial charge in [-0.1, -0.05) is 47.5 Å². The average Bonchev–Trinajstić information content (AvgIpc) is 2.55. The minimum Gasteiger partial charge on any atom is -0.351 e. The van der Waals surface area contributed by atoms with Crippen molar-refractivity contribution < 1.29 is 9.59 Å². The van der Waals surface area contributed by atoms with Gasteiger partial charge in [-0.2, -0.15) is 0 Å². The van der Waals surface area contributed by atoms with Crippen LogP contribution < -0.4 is 16.6 Å². The van der Waals surface area contributed by atoms with Gasteiger partial charge in [0.05, 0.1) is 16.7 Å². The summed E-state index contributed by atoms with van der Waals surface area (Å²) in [5, 5.41) is 2.98. The predicted molar refractivity (Wildman–Crippen MR) is 102 cm³/mol. The molecule has 0 atom stereocenters. The molecule has 0 bridgehead atoms. The van der Waals surface area contributed by atoms with E-state index in [0.29, 0.717) is 22.6 Å². The van der Waals surface area contributed by atoms with E-state index in [4.69, 9.17) is 5.73 Å². The lowest BCUT2D eigenvalue weighted by Crippen LogP contribution is -2.36. The number of benzene rings is 1.